The van der Waals surface area contributed by atoms with Gasteiger partial charge in [-0.15, -0.1) is 5.10 Å². The van der Waals surface area contributed by atoms with Crippen molar-refractivity contribution in [3.63, 3.8) is 0 Å². The number of rotatable bonds is 9. The number of aromatic nitrogens is 4. The van der Waals surface area contributed by atoms with Gasteiger partial charge in [-0.25, -0.2) is 4.98 Å². The molecule has 0 aliphatic carbocycles. The van der Waals surface area contributed by atoms with Crippen LogP contribution in [0, 0.1) is 13.8 Å². The lowest BCUT2D eigenvalue weighted by molar-refractivity contribution is 0.102. The number of hydrogen-bond donors (Lipinski definition) is 1. The van der Waals surface area contributed by atoms with Gasteiger partial charge in [-0.1, -0.05) is 60.7 Å². The number of ether oxygens (including phenoxy) is 1. The fourth-order valence-corrected chi connectivity index (χ4v) is 4.57. The molecule has 0 fully saturated rings. The normalized spacial score (nSPS) is 10.9. The molecule has 6 rings (SSSR count). The zero-order chi connectivity index (χ0) is 28.9. The van der Waals surface area contributed by atoms with Crippen molar-refractivity contribution >= 4 is 11.6 Å². The van der Waals surface area contributed by atoms with Crippen molar-refractivity contribution in [2.45, 2.75) is 26.9 Å². The third-order valence-electron chi connectivity index (χ3n) is 6.72. The van der Waals surface area contributed by atoms with Crippen LogP contribution in [0.3, 0.4) is 0 Å². The summed E-state index contributed by atoms with van der Waals surface area (Å²) in [7, 11) is 0. The van der Waals surface area contributed by atoms with E-state index in [-0.39, 0.29) is 18.2 Å². The third-order valence-corrected chi connectivity index (χ3v) is 6.72. The van der Waals surface area contributed by atoms with Crippen molar-refractivity contribution in [1.82, 2.24) is 20.0 Å². The van der Waals surface area contributed by atoms with Gasteiger partial charge < -0.3 is 14.5 Å². The van der Waals surface area contributed by atoms with E-state index in [4.69, 9.17) is 14.3 Å². The number of amides is 1. The summed E-state index contributed by atoms with van der Waals surface area (Å²) < 4.78 is 12.0. The number of aryl methyl sites for hydroxylation is 2. The lowest BCUT2D eigenvalue weighted by Crippen LogP contribution is -2.15. The molecule has 42 heavy (non-hydrogen) atoms. The van der Waals surface area contributed by atoms with Crippen LogP contribution in [0.25, 0.3) is 17.1 Å². The van der Waals surface area contributed by atoms with Crippen molar-refractivity contribution in [2.75, 3.05) is 5.32 Å². The zero-order valence-electron chi connectivity index (χ0n) is 23.3. The highest BCUT2D eigenvalue weighted by atomic mass is 16.5. The van der Waals surface area contributed by atoms with Gasteiger partial charge in [0, 0.05) is 17.7 Å². The summed E-state index contributed by atoms with van der Waals surface area (Å²) in [5, 5.41) is 12.3. The lowest BCUT2D eigenvalue weighted by Gasteiger charge is -2.07. The number of carbonyl (C=O) groups excluding carboxylic acids is 1. The molecule has 8 heteroatoms. The van der Waals surface area contributed by atoms with E-state index in [2.05, 4.69) is 15.4 Å². The number of anilines is 1. The Morgan fingerprint density at radius 3 is 2.38 bits per heavy atom. The number of para-hydroxylation sites is 1. The molecule has 0 spiro atoms. The average Bonchev–Trinajstić information content (AvgIpc) is 3.61. The second kappa shape index (κ2) is 11.9. The number of benzene rings is 4. The Bertz CT molecular complexity index is 1830. The monoisotopic (exact) mass is 555 g/mol. The topological polar surface area (TPSA) is 95.1 Å². The van der Waals surface area contributed by atoms with E-state index < -0.39 is 0 Å². The van der Waals surface area contributed by atoms with Gasteiger partial charge in [-0.05, 0) is 73.5 Å². The Labute approximate surface area is 243 Å². The van der Waals surface area contributed by atoms with Gasteiger partial charge in [0.15, 0.2) is 5.69 Å². The summed E-state index contributed by atoms with van der Waals surface area (Å²) in [6.45, 7) is 4.15. The first-order valence-electron chi connectivity index (χ1n) is 13.6. The van der Waals surface area contributed by atoms with E-state index in [1.54, 1.807) is 0 Å². The number of hydrogen-bond acceptors (Lipinski definition) is 6. The van der Waals surface area contributed by atoms with Crippen molar-refractivity contribution < 1.29 is 13.9 Å². The van der Waals surface area contributed by atoms with Crippen molar-refractivity contribution in [3.05, 3.63) is 143 Å². The van der Waals surface area contributed by atoms with Crippen molar-refractivity contribution in [2.24, 2.45) is 0 Å². The minimum Gasteiger partial charge on any atom is -0.487 e. The SMILES string of the molecule is Cc1cccc(-n2nc(Cc3cccc(OCc4nc(-c5ccccc5)oc4C)c3)c(C(=O)Nc3ccccc3)n2)c1. The molecule has 0 aliphatic heterocycles. The molecule has 0 atom stereocenters. The minimum absolute atomic E-state index is 0.262. The molecule has 0 unspecified atom stereocenters. The zero-order valence-corrected chi connectivity index (χ0v) is 23.3. The molecule has 2 heterocycles. The molecular formula is C34H29N5O3. The maximum absolute atomic E-state index is 13.3. The molecule has 0 aliphatic rings. The van der Waals surface area contributed by atoms with Crippen LogP contribution in [0.5, 0.6) is 5.75 Å². The summed E-state index contributed by atoms with van der Waals surface area (Å²) in [5.41, 5.74) is 5.95. The van der Waals surface area contributed by atoms with E-state index in [0.29, 0.717) is 35.2 Å². The molecule has 0 saturated heterocycles. The molecule has 1 amide bonds. The van der Waals surface area contributed by atoms with E-state index in [1.807, 2.05) is 123 Å². The Hall–Kier alpha value is -5.50. The van der Waals surface area contributed by atoms with Crippen LogP contribution < -0.4 is 10.1 Å². The quantitative estimate of drug-likeness (QED) is 0.207. The van der Waals surface area contributed by atoms with Gasteiger partial charge in [-0.3, -0.25) is 4.79 Å². The predicted molar refractivity (Wildman–Crippen MR) is 161 cm³/mol. The standard InChI is InChI=1S/C34H29N5O3/c1-23-11-9-17-28(19-23)39-37-30(32(38-39)33(40)35-27-15-7-4-8-16-27)21-25-12-10-18-29(20-25)41-22-31-24(2)42-34(36-31)26-13-5-3-6-14-26/h3-20H,21-22H2,1-2H3,(H,35,40). The van der Waals surface area contributed by atoms with Crippen LogP contribution in [0.15, 0.2) is 114 Å². The van der Waals surface area contributed by atoms with Crippen LogP contribution in [0.2, 0.25) is 0 Å². The third kappa shape index (κ3) is 6.13. The second-order valence-electron chi connectivity index (χ2n) is 9.94. The smallest absolute Gasteiger partial charge is 0.278 e. The summed E-state index contributed by atoms with van der Waals surface area (Å²) in [5.74, 6) is 1.64. The molecule has 6 aromatic rings. The van der Waals surface area contributed by atoms with Crippen LogP contribution in [0.4, 0.5) is 5.69 Å². The molecule has 0 radical (unpaired) electrons. The summed E-state index contributed by atoms with van der Waals surface area (Å²) in [6, 6.07) is 34.7. The second-order valence-corrected chi connectivity index (χ2v) is 9.94. The highest BCUT2D eigenvalue weighted by Gasteiger charge is 2.20. The maximum atomic E-state index is 13.3. The van der Waals surface area contributed by atoms with Gasteiger partial charge in [0.05, 0.1) is 5.69 Å². The van der Waals surface area contributed by atoms with Crippen molar-refractivity contribution in [1.29, 1.82) is 0 Å². The van der Waals surface area contributed by atoms with E-state index in [1.165, 1.54) is 4.80 Å². The van der Waals surface area contributed by atoms with Crippen molar-refractivity contribution in [3.8, 4) is 22.9 Å². The molecule has 1 N–H and O–H groups in total. The Kier molecular flexibility index (Phi) is 7.59. The van der Waals surface area contributed by atoms with Gasteiger partial charge in [0.2, 0.25) is 5.89 Å². The molecular weight excluding hydrogens is 526 g/mol. The first-order chi connectivity index (χ1) is 20.5. The molecule has 8 nitrogen and oxygen atoms in total. The highest BCUT2D eigenvalue weighted by Crippen LogP contribution is 2.24. The molecule has 208 valence electrons. The average molecular weight is 556 g/mol. The Balaban J connectivity index is 1.23. The Morgan fingerprint density at radius 2 is 1.60 bits per heavy atom. The predicted octanol–water partition coefficient (Wildman–Crippen LogP) is 6.96. The van der Waals surface area contributed by atoms with Crippen LogP contribution in [-0.2, 0) is 13.0 Å². The first-order valence-corrected chi connectivity index (χ1v) is 13.6. The molecule has 2 aromatic heterocycles. The number of oxazole rings is 1. The summed E-state index contributed by atoms with van der Waals surface area (Å²) in [4.78, 5) is 19.5. The molecule has 4 aromatic carbocycles. The van der Waals surface area contributed by atoms with Crippen LogP contribution >= 0.6 is 0 Å². The van der Waals surface area contributed by atoms with Gasteiger partial charge >= 0.3 is 0 Å². The molecule has 0 bridgehead atoms. The fraction of sp³-hybridized carbons (Fsp3) is 0.118. The van der Waals surface area contributed by atoms with Crippen LogP contribution in [-0.4, -0.2) is 25.9 Å². The number of nitrogens with one attached hydrogen (secondary N) is 1. The number of carbonyl (C=O) groups is 1. The summed E-state index contributed by atoms with van der Waals surface area (Å²) in [6.07, 6.45) is 0.391. The molecule has 0 saturated carbocycles. The lowest BCUT2D eigenvalue weighted by atomic mass is 10.1. The minimum atomic E-state index is -0.321. The highest BCUT2D eigenvalue weighted by molar-refractivity contribution is 6.03. The Morgan fingerprint density at radius 1 is 0.833 bits per heavy atom. The fourth-order valence-electron chi connectivity index (χ4n) is 4.57. The van der Waals surface area contributed by atoms with Gasteiger partial charge in [-0.2, -0.15) is 9.90 Å². The van der Waals surface area contributed by atoms with E-state index in [9.17, 15) is 4.79 Å². The number of nitrogens with zero attached hydrogens (tertiary/aromatic N) is 4. The van der Waals surface area contributed by atoms with Gasteiger partial charge in [0.25, 0.3) is 5.91 Å². The van der Waals surface area contributed by atoms with E-state index >= 15 is 0 Å². The maximum Gasteiger partial charge on any atom is 0.278 e. The largest absolute Gasteiger partial charge is 0.487 e. The first kappa shape index (κ1) is 26.7. The van der Waals surface area contributed by atoms with Crippen LogP contribution in [0.1, 0.15) is 38.8 Å². The summed E-state index contributed by atoms with van der Waals surface area (Å²) >= 11 is 0. The van der Waals surface area contributed by atoms with Gasteiger partial charge in [0.1, 0.15) is 29.5 Å². The van der Waals surface area contributed by atoms with E-state index in [0.717, 1.165) is 28.1 Å².